The Kier molecular flexibility index (Phi) is 2.92. The van der Waals surface area contributed by atoms with Crippen molar-refractivity contribution in [2.24, 2.45) is 16.5 Å². The van der Waals surface area contributed by atoms with Crippen LogP contribution in [0.4, 0.5) is 0 Å². The number of nitrogens with one attached hydrogen (secondary N) is 1. The van der Waals surface area contributed by atoms with Gasteiger partial charge in [0.15, 0.2) is 6.61 Å². The normalized spacial score (nSPS) is 42.0. The molecule has 2 saturated heterocycles. The second kappa shape index (κ2) is 4.63. The minimum absolute atomic E-state index is 0.168. The van der Waals surface area contributed by atoms with E-state index in [0.717, 1.165) is 31.4 Å². The Balaban J connectivity index is 1.36. The van der Waals surface area contributed by atoms with Crippen LogP contribution in [-0.2, 0) is 9.57 Å². The van der Waals surface area contributed by atoms with Gasteiger partial charge in [0, 0.05) is 13.1 Å². The third-order valence-electron chi connectivity index (χ3n) is 5.09. The van der Waals surface area contributed by atoms with Crippen LogP contribution in [0.5, 0.6) is 0 Å². The molecule has 1 N–H and O–H groups in total. The molecule has 5 nitrogen and oxygen atoms in total. The number of oxime groups is 1. The smallest absolute Gasteiger partial charge is 0.234 e. The van der Waals surface area contributed by atoms with Crippen LogP contribution in [0.3, 0.4) is 0 Å². The van der Waals surface area contributed by atoms with E-state index in [-0.39, 0.29) is 11.5 Å². The largest absolute Gasteiger partial charge is 0.470 e. The van der Waals surface area contributed by atoms with Gasteiger partial charge in [-0.05, 0) is 44.8 Å². The summed E-state index contributed by atoms with van der Waals surface area (Å²) in [5.41, 5.74) is 0.181. The van der Waals surface area contributed by atoms with Crippen LogP contribution >= 0.6 is 0 Å². The van der Waals surface area contributed by atoms with Crippen LogP contribution in [0.2, 0.25) is 0 Å². The van der Waals surface area contributed by atoms with E-state index in [4.69, 9.17) is 9.57 Å². The molecule has 0 aromatic heterocycles. The summed E-state index contributed by atoms with van der Waals surface area (Å²) < 4.78 is 6.16. The third-order valence-corrected chi connectivity index (χ3v) is 5.09. The van der Waals surface area contributed by atoms with Crippen LogP contribution in [-0.4, -0.2) is 56.2 Å². The SMILES string of the molecule is C1CCN(C[C@@H]2CON=C([C@@]34CNC[C@@H]3C4)O2)CC1. The fourth-order valence-corrected chi connectivity index (χ4v) is 3.79. The molecule has 0 spiro atoms. The molecule has 3 atom stereocenters. The first-order valence-corrected chi connectivity index (χ1v) is 7.67. The Labute approximate surface area is 114 Å². The average Bonchev–Trinajstić information content (AvgIpc) is 3.03. The van der Waals surface area contributed by atoms with Crippen molar-refractivity contribution in [3.05, 3.63) is 0 Å². The van der Waals surface area contributed by atoms with Crippen molar-refractivity contribution in [2.45, 2.75) is 31.8 Å². The molecule has 106 valence electrons. The van der Waals surface area contributed by atoms with Gasteiger partial charge in [-0.1, -0.05) is 11.6 Å². The molecule has 3 aliphatic heterocycles. The summed E-state index contributed by atoms with van der Waals surface area (Å²) in [6.07, 6.45) is 5.41. The maximum Gasteiger partial charge on any atom is 0.234 e. The van der Waals surface area contributed by atoms with Gasteiger partial charge in [-0.15, -0.1) is 0 Å². The molecule has 3 heterocycles. The zero-order chi connectivity index (χ0) is 12.7. The lowest BCUT2D eigenvalue weighted by atomic mass is 10.1. The van der Waals surface area contributed by atoms with Crippen molar-refractivity contribution in [3.8, 4) is 0 Å². The molecular weight excluding hydrogens is 242 g/mol. The quantitative estimate of drug-likeness (QED) is 0.820. The van der Waals surface area contributed by atoms with Crippen LogP contribution in [0.25, 0.3) is 0 Å². The Morgan fingerprint density at radius 1 is 1.32 bits per heavy atom. The summed E-state index contributed by atoms with van der Waals surface area (Å²) in [5.74, 6) is 1.60. The lowest BCUT2D eigenvalue weighted by molar-refractivity contribution is -0.0163. The molecule has 1 aliphatic carbocycles. The molecule has 0 amide bonds. The fourth-order valence-electron chi connectivity index (χ4n) is 3.79. The first-order valence-electron chi connectivity index (χ1n) is 7.67. The lowest BCUT2D eigenvalue weighted by Crippen LogP contribution is -2.43. The number of piperidine rings is 2. The third kappa shape index (κ3) is 2.13. The monoisotopic (exact) mass is 265 g/mol. The van der Waals surface area contributed by atoms with Gasteiger partial charge in [0.25, 0.3) is 0 Å². The van der Waals surface area contributed by atoms with Gasteiger partial charge in [0.2, 0.25) is 5.90 Å². The highest BCUT2D eigenvalue weighted by Crippen LogP contribution is 2.56. The standard InChI is InChI=1S/C14H23N3O2/c1-2-4-17(5-3-1)8-12-9-18-16-13(19-12)14-6-11(14)7-15-10-14/h11-12,15H,1-10H2/t11-,12+,14-/m0/s1. The van der Waals surface area contributed by atoms with E-state index in [2.05, 4.69) is 15.4 Å². The number of likely N-dealkylation sites (tertiary alicyclic amines) is 1. The van der Waals surface area contributed by atoms with Gasteiger partial charge in [0.05, 0.1) is 5.41 Å². The van der Waals surface area contributed by atoms with Gasteiger partial charge < -0.3 is 14.9 Å². The van der Waals surface area contributed by atoms with Crippen molar-refractivity contribution in [1.29, 1.82) is 0 Å². The molecule has 0 aromatic carbocycles. The molecule has 0 bridgehead atoms. The molecular formula is C14H23N3O2. The Morgan fingerprint density at radius 3 is 2.95 bits per heavy atom. The summed E-state index contributed by atoms with van der Waals surface area (Å²) in [6, 6.07) is 0. The molecule has 0 aromatic rings. The summed E-state index contributed by atoms with van der Waals surface area (Å²) in [6.45, 7) is 6.14. The van der Waals surface area contributed by atoms with Crippen LogP contribution in [0.15, 0.2) is 5.16 Å². The van der Waals surface area contributed by atoms with Crippen molar-refractivity contribution in [3.63, 3.8) is 0 Å². The number of nitrogens with zero attached hydrogens (tertiary/aromatic N) is 2. The van der Waals surface area contributed by atoms with Crippen LogP contribution in [0, 0.1) is 11.3 Å². The first kappa shape index (κ1) is 12.0. The second-order valence-electron chi connectivity index (χ2n) is 6.48. The highest BCUT2D eigenvalue weighted by Gasteiger charge is 2.63. The van der Waals surface area contributed by atoms with E-state index in [1.165, 1.54) is 38.8 Å². The maximum absolute atomic E-state index is 6.16. The van der Waals surface area contributed by atoms with E-state index in [1.807, 2.05) is 0 Å². The zero-order valence-corrected chi connectivity index (χ0v) is 11.4. The molecule has 3 fully saturated rings. The summed E-state index contributed by atoms with van der Waals surface area (Å²) in [5, 5.41) is 7.63. The molecule has 4 rings (SSSR count). The Hall–Kier alpha value is -0.810. The van der Waals surface area contributed by atoms with Gasteiger partial charge >= 0.3 is 0 Å². The first-order chi connectivity index (χ1) is 9.37. The van der Waals surface area contributed by atoms with E-state index in [0.29, 0.717) is 6.61 Å². The van der Waals surface area contributed by atoms with E-state index in [1.54, 1.807) is 0 Å². The van der Waals surface area contributed by atoms with E-state index >= 15 is 0 Å². The fraction of sp³-hybridized carbons (Fsp3) is 0.929. The number of hydrogen-bond acceptors (Lipinski definition) is 5. The predicted octanol–water partition coefficient (Wildman–Crippen LogP) is 0.811. The molecule has 0 unspecified atom stereocenters. The minimum atomic E-state index is 0.168. The van der Waals surface area contributed by atoms with Crippen LogP contribution in [0.1, 0.15) is 25.7 Å². The van der Waals surface area contributed by atoms with E-state index < -0.39 is 0 Å². The van der Waals surface area contributed by atoms with Crippen molar-refractivity contribution < 1.29 is 9.57 Å². The van der Waals surface area contributed by atoms with Crippen molar-refractivity contribution >= 4 is 5.90 Å². The number of rotatable bonds is 3. The topological polar surface area (TPSA) is 46.1 Å². The minimum Gasteiger partial charge on any atom is -0.470 e. The summed E-state index contributed by atoms with van der Waals surface area (Å²) in [4.78, 5) is 7.96. The van der Waals surface area contributed by atoms with Crippen molar-refractivity contribution in [1.82, 2.24) is 10.2 Å². The predicted molar refractivity (Wildman–Crippen MR) is 72.0 cm³/mol. The zero-order valence-electron chi connectivity index (χ0n) is 11.4. The van der Waals surface area contributed by atoms with Crippen LogP contribution < -0.4 is 5.32 Å². The van der Waals surface area contributed by atoms with Gasteiger partial charge in [-0.3, -0.25) is 4.90 Å². The molecule has 19 heavy (non-hydrogen) atoms. The highest BCUT2D eigenvalue weighted by atomic mass is 16.7. The summed E-state index contributed by atoms with van der Waals surface area (Å²) >= 11 is 0. The van der Waals surface area contributed by atoms with Gasteiger partial charge in [-0.25, -0.2) is 0 Å². The Morgan fingerprint density at radius 2 is 2.21 bits per heavy atom. The maximum atomic E-state index is 6.16. The van der Waals surface area contributed by atoms with Gasteiger partial charge in [-0.2, -0.15) is 0 Å². The molecule has 0 radical (unpaired) electrons. The molecule has 5 heteroatoms. The Bertz CT molecular complexity index is 381. The molecule has 4 aliphatic rings. The lowest BCUT2D eigenvalue weighted by Gasteiger charge is -2.32. The van der Waals surface area contributed by atoms with Crippen molar-refractivity contribution in [2.75, 3.05) is 39.3 Å². The second-order valence-corrected chi connectivity index (χ2v) is 6.48. The molecule has 1 saturated carbocycles. The van der Waals surface area contributed by atoms with E-state index in [9.17, 15) is 0 Å². The van der Waals surface area contributed by atoms with Gasteiger partial charge in [0.1, 0.15) is 6.10 Å². The average molecular weight is 265 g/mol. The highest BCUT2D eigenvalue weighted by molar-refractivity contribution is 5.87. The number of fused-ring (bicyclic) bond motifs is 1. The number of hydrogen-bond donors (Lipinski definition) is 1. The number of ether oxygens (including phenoxy) is 1. The summed E-state index contributed by atoms with van der Waals surface area (Å²) in [7, 11) is 0.